The van der Waals surface area contributed by atoms with Crippen LogP contribution in [0.4, 0.5) is 5.13 Å². The van der Waals surface area contributed by atoms with Crippen molar-refractivity contribution in [2.75, 3.05) is 51.3 Å². The number of aromatic nitrogens is 2. The molecule has 1 saturated carbocycles. The fraction of sp³-hybridized carbons (Fsp3) is 0.655. The summed E-state index contributed by atoms with van der Waals surface area (Å²) in [5.41, 5.74) is -0.502. The molecule has 13 heteroatoms. The number of ether oxygens (including phenoxy) is 1. The van der Waals surface area contributed by atoms with Crippen molar-refractivity contribution in [3.05, 3.63) is 39.8 Å². The number of hydrogen-bond donors (Lipinski definition) is 1. The predicted molar refractivity (Wildman–Crippen MR) is 160 cm³/mol. The zero-order valence-corrected chi connectivity index (χ0v) is 26.0. The summed E-state index contributed by atoms with van der Waals surface area (Å²) in [5, 5.41) is 2.98. The average molecular weight is 620 g/mol. The molecule has 1 N–H and O–H groups in total. The number of nitrogens with one attached hydrogen (secondary N) is 1. The highest BCUT2D eigenvalue weighted by molar-refractivity contribution is 7.92. The van der Waals surface area contributed by atoms with Crippen molar-refractivity contribution in [1.29, 1.82) is 0 Å². The summed E-state index contributed by atoms with van der Waals surface area (Å²) in [5.74, 6) is 0.179. The van der Waals surface area contributed by atoms with Crippen molar-refractivity contribution in [3.8, 4) is 0 Å². The summed E-state index contributed by atoms with van der Waals surface area (Å²) < 4.78 is 32.2. The number of hydrogen-bond acceptors (Lipinski definition) is 10. The largest absolute Gasteiger partial charge is 0.381 e. The molecule has 1 atom stereocenters. The number of rotatable bonds is 12. The molecule has 0 radical (unpaired) electrons. The van der Waals surface area contributed by atoms with Crippen LogP contribution in [0.1, 0.15) is 56.9 Å². The van der Waals surface area contributed by atoms with Gasteiger partial charge in [-0.05, 0) is 44.1 Å². The second-order valence-electron chi connectivity index (χ2n) is 12.0. The Morgan fingerprint density at radius 2 is 1.79 bits per heavy atom. The lowest BCUT2D eigenvalue weighted by Crippen LogP contribution is -2.47. The normalized spacial score (nSPS) is 20.1. The Labute approximate surface area is 251 Å². The molecule has 2 aromatic heterocycles. The molecule has 2 aliphatic heterocycles. The quantitative estimate of drug-likeness (QED) is 0.381. The molecule has 2 aromatic rings. The highest BCUT2D eigenvalue weighted by atomic mass is 32.2. The van der Waals surface area contributed by atoms with Gasteiger partial charge in [0, 0.05) is 75.2 Å². The smallest absolute Gasteiger partial charge is 0.252 e. The van der Waals surface area contributed by atoms with Gasteiger partial charge < -0.3 is 14.6 Å². The van der Waals surface area contributed by atoms with Crippen molar-refractivity contribution < 1.29 is 22.7 Å². The Balaban J connectivity index is 1.23. The number of ketones is 1. The van der Waals surface area contributed by atoms with Gasteiger partial charge in [0.1, 0.15) is 11.8 Å². The minimum absolute atomic E-state index is 0.0217. The lowest BCUT2D eigenvalue weighted by Gasteiger charge is -2.34. The molecule has 0 bridgehead atoms. The number of piperazine rings is 1. The van der Waals surface area contributed by atoms with Gasteiger partial charge in [0.25, 0.3) is 5.56 Å². The first-order chi connectivity index (χ1) is 20.1. The standard InChI is InChI=1S/C29H41N5O6S2/c1-20(2)26(35)19-33-11-9-32(10-12-33)18-22-17-30-29(41-22)31-28(37)25(15-21-6-13-40-14-7-21)34-8-5-24(16-27(34)36)42(38,39)23-3-4-23/h5,8,16-17,20-21,23,25H,3-4,6-7,9-15,18-19H2,1-2H3,(H,30,31,37). The third kappa shape index (κ3) is 7.73. The molecule has 42 heavy (non-hydrogen) atoms. The zero-order chi connectivity index (χ0) is 29.9. The fourth-order valence-electron chi connectivity index (χ4n) is 5.48. The van der Waals surface area contributed by atoms with Crippen molar-refractivity contribution in [2.45, 2.75) is 68.7 Å². The number of pyridine rings is 1. The van der Waals surface area contributed by atoms with Crippen molar-refractivity contribution >= 4 is 38.0 Å². The Hall–Kier alpha value is -2.45. The Morgan fingerprint density at radius 3 is 2.43 bits per heavy atom. The highest BCUT2D eigenvalue weighted by Gasteiger charge is 2.37. The molecule has 1 aliphatic carbocycles. The average Bonchev–Trinajstić information content (AvgIpc) is 3.75. The van der Waals surface area contributed by atoms with Crippen LogP contribution in [0.3, 0.4) is 0 Å². The molecule has 0 aromatic carbocycles. The summed E-state index contributed by atoms with van der Waals surface area (Å²) in [4.78, 5) is 48.8. The fourth-order valence-corrected chi connectivity index (χ4v) is 7.99. The number of Topliss-reactive ketones (excluding diaryl/α,β-unsaturated/α-hetero) is 1. The summed E-state index contributed by atoms with van der Waals surface area (Å²) in [6.07, 6.45) is 6.50. The third-order valence-corrected chi connectivity index (χ3v) is 11.6. The monoisotopic (exact) mass is 619 g/mol. The van der Waals surface area contributed by atoms with Crippen LogP contribution in [0.5, 0.6) is 0 Å². The summed E-state index contributed by atoms with van der Waals surface area (Å²) >= 11 is 1.41. The van der Waals surface area contributed by atoms with E-state index in [-0.39, 0.29) is 28.4 Å². The van der Waals surface area contributed by atoms with E-state index in [4.69, 9.17) is 4.74 Å². The van der Waals surface area contributed by atoms with Gasteiger partial charge >= 0.3 is 0 Å². The van der Waals surface area contributed by atoms with Gasteiger partial charge in [-0.2, -0.15) is 0 Å². The molecular formula is C29H41N5O6S2. The first kappa shape index (κ1) is 31.0. The van der Waals surface area contributed by atoms with Crippen LogP contribution in [0, 0.1) is 11.8 Å². The topological polar surface area (TPSA) is 131 Å². The Kier molecular flexibility index (Phi) is 9.93. The molecule has 1 unspecified atom stereocenters. The lowest BCUT2D eigenvalue weighted by atomic mass is 9.92. The van der Waals surface area contributed by atoms with Crippen LogP contribution in [0.2, 0.25) is 0 Å². The summed E-state index contributed by atoms with van der Waals surface area (Å²) in [7, 11) is -3.51. The first-order valence-electron chi connectivity index (χ1n) is 14.9. The predicted octanol–water partition coefficient (Wildman–Crippen LogP) is 2.58. The highest BCUT2D eigenvalue weighted by Crippen LogP contribution is 2.33. The van der Waals surface area contributed by atoms with E-state index in [0.29, 0.717) is 50.7 Å². The Morgan fingerprint density at radius 1 is 1.10 bits per heavy atom. The van der Waals surface area contributed by atoms with Crippen molar-refractivity contribution in [3.63, 3.8) is 0 Å². The molecule has 230 valence electrons. The number of thiazole rings is 1. The molecule has 0 spiro atoms. The maximum Gasteiger partial charge on any atom is 0.252 e. The third-order valence-electron chi connectivity index (χ3n) is 8.40. The first-order valence-corrected chi connectivity index (χ1v) is 17.2. The molecule has 4 heterocycles. The van der Waals surface area contributed by atoms with Crippen LogP contribution in [0.15, 0.2) is 34.2 Å². The number of amides is 1. The van der Waals surface area contributed by atoms with Gasteiger partial charge in [0.05, 0.1) is 16.7 Å². The maximum absolute atomic E-state index is 13.6. The van der Waals surface area contributed by atoms with E-state index in [9.17, 15) is 22.8 Å². The van der Waals surface area contributed by atoms with Gasteiger partial charge in [-0.3, -0.25) is 24.2 Å². The van der Waals surface area contributed by atoms with E-state index >= 15 is 0 Å². The van der Waals surface area contributed by atoms with E-state index in [0.717, 1.165) is 50.0 Å². The van der Waals surface area contributed by atoms with E-state index in [1.54, 1.807) is 6.20 Å². The van der Waals surface area contributed by atoms with Crippen molar-refractivity contribution in [1.82, 2.24) is 19.4 Å². The number of sulfone groups is 1. The zero-order valence-electron chi connectivity index (χ0n) is 24.4. The van der Waals surface area contributed by atoms with Crippen LogP contribution >= 0.6 is 11.3 Å². The molecule has 2 saturated heterocycles. The summed E-state index contributed by atoms with van der Waals surface area (Å²) in [6, 6.07) is 1.80. The van der Waals surface area contributed by atoms with Crippen LogP contribution in [-0.4, -0.2) is 90.6 Å². The molecule has 11 nitrogen and oxygen atoms in total. The van der Waals surface area contributed by atoms with Crippen LogP contribution < -0.4 is 10.9 Å². The second-order valence-corrected chi connectivity index (χ2v) is 15.3. The second kappa shape index (κ2) is 13.5. The minimum atomic E-state index is -3.51. The van der Waals surface area contributed by atoms with Gasteiger partial charge in [-0.25, -0.2) is 13.4 Å². The SMILES string of the molecule is CC(C)C(=O)CN1CCN(Cc2cnc(NC(=O)C(CC3CCOCC3)n3ccc(S(=O)(=O)C4CC4)cc3=O)s2)CC1. The van der Waals surface area contributed by atoms with E-state index in [1.165, 1.54) is 28.2 Å². The molecule has 5 rings (SSSR count). The molecule has 1 amide bonds. The number of nitrogens with zero attached hydrogens (tertiary/aromatic N) is 4. The molecular weight excluding hydrogens is 578 g/mol. The molecule has 3 fully saturated rings. The number of carbonyl (C=O) groups excluding carboxylic acids is 2. The molecule has 3 aliphatic rings. The van der Waals surface area contributed by atoms with Crippen LogP contribution in [-0.2, 0) is 30.7 Å². The summed E-state index contributed by atoms with van der Waals surface area (Å²) in [6.45, 7) is 9.69. The Bertz CT molecular complexity index is 1420. The van der Waals surface area contributed by atoms with Gasteiger partial charge in [0.2, 0.25) is 5.91 Å². The number of anilines is 1. The van der Waals surface area contributed by atoms with E-state index in [1.807, 2.05) is 13.8 Å². The minimum Gasteiger partial charge on any atom is -0.381 e. The van der Waals surface area contributed by atoms with E-state index < -0.39 is 26.7 Å². The number of carbonyl (C=O) groups is 2. The van der Waals surface area contributed by atoms with Gasteiger partial charge in [-0.1, -0.05) is 13.8 Å². The van der Waals surface area contributed by atoms with Crippen LogP contribution in [0.25, 0.3) is 0 Å². The van der Waals surface area contributed by atoms with E-state index in [2.05, 4.69) is 20.1 Å². The maximum atomic E-state index is 13.6. The van der Waals surface area contributed by atoms with Gasteiger partial charge in [-0.15, -0.1) is 11.3 Å². The lowest BCUT2D eigenvalue weighted by molar-refractivity contribution is -0.123. The van der Waals surface area contributed by atoms with Gasteiger partial charge in [0.15, 0.2) is 15.0 Å². The van der Waals surface area contributed by atoms with Crippen molar-refractivity contribution in [2.24, 2.45) is 11.8 Å².